The van der Waals surface area contributed by atoms with Gasteiger partial charge in [-0.3, -0.25) is 0 Å². The van der Waals surface area contributed by atoms with Crippen molar-refractivity contribution in [2.75, 3.05) is 0 Å². The van der Waals surface area contributed by atoms with E-state index in [1.165, 1.54) is 61.2 Å². The van der Waals surface area contributed by atoms with Gasteiger partial charge in [-0.15, -0.1) is 101 Å². The van der Waals surface area contributed by atoms with Crippen molar-refractivity contribution in [2.24, 2.45) is 0 Å². The van der Waals surface area contributed by atoms with E-state index < -0.39 is 0 Å². The number of rotatable bonds is 6. The molecule has 0 amide bonds. The quantitative estimate of drug-likeness (QED) is 0.156. The normalized spacial score (nSPS) is 10.0. The molecule has 0 saturated carbocycles. The fraction of sp³-hybridized carbons (Fsp3) is 0.105. The number of benzene rings is 6. The van der Waals surface area contributed by atoms with Crippen molar-refractivity contribution in [3.05, 3.63) is 234 Å². The number of pyridine rings is 3. The van der Waals surface area contributed by atoms with E-state index >= 15 is 0 Å². The van der Waals surface area contributed by atoms with Gasteiger partial charge in [0, 0.05) is 78.4 Å². The van der Waals surface area contributed by atoms with Crippen molar-refractivity contribution in [2.45, 2.75) is 41.5 Å². The Bertz CT molecular complexity index is 2770. The number of nitrogens with zero attached hydrogens (tertiary/aromatic N) is 3. The molecular formula is C57H48Ir3N3-3. The molecule has 0 aliphatic heterocycles. The van der Waals surface area contributed by atoms with Crippen molar-refractivity contribution in [3.8, 4) is 67.2 Å². The van der Waals surface area contributed by atoms with Crippen LogP contribution < -0.4 is 0 Å². The summed E-state index contributed by atoms with van der Waals surface area (Å²) in [6, 6.07) is 68.1. The smallest absolute Gasteiger partial charge is 0.0268 e. The maximum absolute atomic E-state index is 4.61. The summed E-state index contributed by atoms with van der Waals surface area (Å²) in [5.41, 5.74) is 20.6. The number of hydrogen-bond acceptors (Lipinski definition) is 3. The van der Waals surface area contributed by atoms with E-state index in [1.54, 1.807) is 6.20 Å². The van der Waals surface area contributed by atoms with E-state index in [4.69, 9.17) is 0 Å². The zero-order valence-electron chi connectivity index (χ0n) is 36.2. The summed E-state index contributed by atoms with van der Waals surface area (Å²) >= 11 is 0. The van der Waals surface area contributed by atoms with Crippen molar-refractivity contribution in [1.82, 2.24) is 15.0 Å². The van der Waals surface area contributed by atoms with E-state index in [9.17, 15) is 0 Å². The van der Waals surface area contributed by atoms with Gasteiger partial charge in [0.1, 0.15) is 0 Å². The fourth-order valence-corrected chi connectivity index (χ4v) is 7.03. The molecule has 0 bridgehead atoms. The summed E-state index contributed by atoms with van der Waals surface area (Å²) in [5.74, 6) is 0. The molecule has 63 heavy (non-hydrogen) atoms. The molecule has 3 radical (unpaired) electrons. The molecule has 6 aromatic carbocycles. The Balaban J connectivity index is 0.000000203. The molecule has 3 heterocycles. The topological polar surface area (TPSA) is 38.7 Å². The third-order valence-corrected chi connectivity index (χ3v) is 10.1. The molecule has 0 atom stereocenters. The maximum Gasteiger partial charge on any atom is 0.0268 e. The standard InChI is InChI=1S/3C19H16N.3Ir/c1-14-11-15(2)13-18(12-14)16-6-8-17(9-7-16)19-5-3-4-10-20-19;1-14-11-19(20-13-15(14)2)18-10-6-9-17(12-18)16-7-4-3-5-8-16;1-14-11-15(2)20-19(12-14)18-10-6-9-17(13-18)16-7-4-3-5-8-16;;;/h3-8,10-13H,1-2H3;2*3-9,11-13H,1-2H3;;;/q3*-1;;;. The molecule has 0 N–H and O–H groups in total. The predicted octanol–water partition coefficient (Wildman–Crippen LogP) is 14.5. The Morgan fingerprint density at radius 1 is 0.365 bits per heavy atom. The van der Waals surface area contributed by atoms with Gasteiger partial charge in [0.15, 0.2) is 0 Å². The van der Waals surface area contributed by atoms with Gasteiger partial charge in [0.2, 0.25) is 0 Å². The summed E-state index contributed by atoms with van der Waals surface area (Å²) in [4.78, 5) is 13.5. The molecule has 9 rings (SSSR count). The van der Waals surface area contributed by atoms with Crippen molar-refractivity contribution in [1.29, 1.82) is 0 Å². The number of aromatic nitrogens is 3. The first-order chi connectivity index (χ1) is 29.2. The van der Waals surface area contributed by atoms with E-state index in [2.05, 4.69) is 189 Å². The largest absolute Gasteiger partial charge is 0.305 e. The summed E-state index contributed by atoms with van der Waals surface area (Å²) in [7, 11) is 0. The van der Waals surface area contributed by atoms with Crippen LogP contribution in [0.4, 0.5) is 0 Å². The first-order valence-electron chi connectivity index (χ1n) is 20.2. The van der Waals surface area contributed by atoms with Crippen LogP contribution in [0.3, 0.4) is 0 Å². The Hall–Kier alpha value is -5.28. The van der Waals surface area contributed by atoms with Crippen LogP contribution in [0.15, 0.2) is 182 Å². The predicted molar refractivity (Wildman–Crippen MR) is 250 cm³/mol. The number of aryl methyl sites for hydroxylation is 6. The van der Waals surface area contributed by atoms with Crippen LogP contribution in [0.1, 0.15) is 33.5 Å². The third-order valence-electron chi connectivity index (χ3n) is 10.1. The second-order valence-corrected chi connectivity index (χ2v) is 15.1. The van der Waals surface area contributed by atoms with Crippen LogP contribution >= 0.6 is 0 Å². The zero-order valence-corrected chi connectivity index (χ0v) is 43.3. The van der Waals surface area contributed by atoms with Crippen LogP contribution in [-0.4, -0.2) is 15.0 Å². The van der Waals surface area contributed by atoms with Gasteiger partial charge in [-0.25, -0.2) is 0 Å². The maximum atomic E-state index is 4.61. The van der Waals surface area contributed by atoms with E-state index in [1.807, 2.05) is 61.7 Å². The second-order valence-electron chi connectivity index (χ2n) is 15.1. The van der Waals surface area contributed by atoms with Gasteiger partial charge in [0.05, 0.1) is 0 Å². The van der Waals surface area contributed by atoms with Crippen LogP contribution in [0, 0.1) is 59.7 Å². The first kappa shape index (κ1) is 50.4. The molecule has 3 aromatic heterocycles. The Kier molecular flexibility index (Phi) is 19.6. The average molecular weight is 1350 g/mol. The Morgan fingerprint density at radius 3 is 1.46 bits per heavy atom. The van der Waals surface area contributed by atoms with Gasteiger partial charge in [0.25, 0.3) is 0 Å². The average Bonchev–Trinajstić information content (AvgIpc) is 3.28. The zero-order chi connectivity index (χ0) is 41.8. The minimum absolute atomic E-state index is 0. The minimum Gasteiger partial charge on any atom is -0.305 e. The molecule has 0 spiro atoms. The molecule has 0 fully saturated rings. The molecule has 321 valence electrons. The molecule has 6 heteroatoms. The number of hydrogen-bond donors (Lipinski definition) is 0. The van der Waals surface area contributed by atoms with Crippen LogP contribution in [0.5, 0.6) is 0 Å². The van der Waals surface area contributed by atoms with E-state index in [0.29, 0.717) is 0 Å². The minimum atomic E-state index is 0. The van der Waals surface area contributed by atoms with Crippen LogP contribution in [0.2, 0.25) is 0 Å². The van der Waals surface area contributed by atoms with Gasteiger partial charge < -0.3 is 15.0 Å². The molecule has 0 aliphatic carbocycles. The summed E-state index contributed by atoms with van der Waals surface area (Å²) in [6.07, 6.45) is 3.73. The SMILES string of the molecule is Cc1cc(C)cc(-c2c[c-]c(-c3ccccn3)cc2)c1.Cc1cc(C)nc(-c2[c-]ccc(-c3ccccc3)c2)c1.Cc1cnc(-c2[c-]ccc(-c3ccccc3)c2)cc1C.[Ir].[Ir].[Ir]. The molecular weight excluding hydrogens is 1300 g/mol. The monoisotopic (exact) mass is 1350 g/mol. The Morgan fingerprint density at radius 2 is 0.937 bits per heavy atom. The second kappa shape index (κ2) is 24.5. The summed E-state index contributed by atoms with van der Waals surface area (Å²) in [6.45, 7) is 12.6. The van der Waals surface area contributed by atoms with Crippen LogP contribution in [0.25, 0.3) is 67.2 Å². The molecule has 0 unspecified atom stereocenters. The molecule has 3 nitrogen and oxygen atoms in total. The summed E-state index contributed by atoms with van der Waals surface area (Å²) in [5, 5.41) is 0. The van der Waals surface area contributed by atoms with Gasteiger partial charge >= 0.3 is 0 Å². The third kappa shape index (κ3) is 14.1. The van der Waals surface area contributed by atoms with E-state index in [0.717, 1.165) is 39.5 Å². The van der Waals surface area contributed by atoms with E-state index in [-0.39, 0.29) is 60.3 Å². The molecule has 9 aromatic rings. The van der Waals surface area contributed by atoms with Gasteiger partial charge in [-0.1, -0.05) is 137 Å². The van der Waals surface area contributed by atoms with Crippen molar-refractivity contribution in [3.63, 3.8) is 0 Å². The fourth-order valence-electron chi connectivity index (χ4n) is 7.03. The Labute approximate surface area is 414 Å². The van der Waals surface area contributed by atoms with Crippen molar-refractivity contribution < 1.29 is 60.3 Å². The summed E-state index contributed by atoms with van der Waals surface area (Å²) < 4.78 is 0. The molecule has 0 aliphatic rings. The van der Waals surface area contributed by atoms with Gasteiger partial charge in [-0.05, 0) is 87.4 Å². The molecule has 0 saturated heterocycles. The van der Waals surface area contributed by atoms with Crippen LogP contribution in [-0.2, 0) is 60.3 Å². The van der Waals surface area contributed by atoms with Gasteiger partial charge in [-0.2, -0.15) is 0 Å². The first-order valence-corrected chi connectivity index (χ1v) is 20.2. The van der Waals surface area contributed by atoms with Crippen molar-refractivity contribution >= 4 is 0 Å².